The minimum absolute atomic E-state index is 0.212. The van der Waals surface area contributed by atoms with Crippen molar-refractivity contribution in [1.29, 1.82) is 0 Å². The first-order valence-corrected chi connectivity index (χ1v) is 10.0. The standard InChI is InChI=1S/C19H25N3O.CCl2O/c1-2-13-22(19(23)16-6-4-3-5-7-16)18-10-8-17(9-11-18)21-14-12-20-15-21;2-1(3)4/h8-12,14-16H,2-7,13H2,1H3;. The van der Waals surface area contributed by atoms with Gasteiger partial charge in [-0.05, 0) is 66.7 Å². The zero-order valence-electron chi connectivity index (χ0n) is 15.5. The predicted molar refractivity (Wildman–Crippen MR) is 110 cm³/mol. The number of carbonyl (C=O) groups excluding carboxylic acids is 2. The average Bonchev–Trinajstić information content (AvgIpc) is 3.21. The van der Waals surface area contributed by atoms with Crippen LogP contribution in [0.2, 0.25) is 0 Å². The molecule has 0 bridgehead atoms. The third-order valence-electron chi connectivity index (χ3n) is 4.63. The summed E-state index contributed by atoms with van der Waals surface area (Å²) < 4.78 is 1.08. The Balaban J connectivity index is 0.000000596. The second-order valence-corrected chi connectivity index (χ2v) is 7.42. The number of hydrogen-bond donors (Lipinski definition) is 0. The van der Waals surface area contributed by atoms with Crippen molar-refractivity contribution in [1.82, 2.24) is 9.55 Å². The minimum Gasteiger partial charge on any atom is -0.312 e. The normalized spacial score (nSPS) is 14.2. The fraction of sp³-hybridized carbons (Fsp3) is 0.450. The van der Waals surface area contributed by atoms with Crippen molar-refractivity contribution >= 4 is 39.5 Å². The first-order valence-electron chi connectivity index (χ1n) is 9.27. The van der Waals surface area contributed by atoms with Gasteiger partial charge in [0.05, 0.1) is 6.33 Å². The van der Waals surface area contributed by atoms with Gasteiger partial charge in [-0.3, -0.25) is 9.59 Å². The van der Waals surface area contributed by atoms with Crippen LogP contribution in [0.3, 0.4) is 0 Å². The van der Waals surface area contributed by atoms with Crippen molar-refractivity contribution in [3.8, 4) is 5.69 Å². The lowest BCUT2D eigenvalue weighted by atomic mass is 9.88. The van der Waals surface area contributed by atoms with Crippen LogP contribution in [-0.4, -0.2) is 26.7 Å². The number of imidazole rings is 1. The van der Waals surface area contributed by atoms with Crippen LogP contribution in [0.4, 0.5) is 10.5 Å². The maximum absolute atomic E-state index is 12.9. The van der Waals surface area contributed by atoms with E-state index in [1.807, 2.05) is 39.9 Å². The van der Waals surface area contributed by atoms with E-state index in [0.717, 1.165) is 37.2 Å². The molecule has 0 unspecified atom stereocenters. The molecular formula is C20H25Cl2N3O2. The average molecular weight is 410 g/mol. The van der Waals surface area contributed by atoms with Crippen LogP contribution in [0.5, 0.6) is 0 Å². The lowest BCUT2D eigenvalue weighted by molar-refractivity contribution is -0.123. The van der Waals surface area contributed by atoms with E-state index in [-0.39, 0.29) is 5.92 Å². The molecule has 0 atom stereocenters. The van der Waals surface area contributed by atoms with Crippen LogP contribution < -0.4 is 4.90 Å². The highest BCUT2D eigenvalue weighted by Gasteiger charge is 2.26. The number of amides is 1. The van der Waals surface area contributed by atoms with Crippen molar-refractivity contribution in [3.05, 3.63) is 43.0 Å². The molecule has 0 spiro atoms. The highest BCUT2D eigenvalue weighted by molar-refractivity contribution is 6.93. The summed E-state index contributed by atoms with van der Waals surface area (Å²) in [6.07, 6.45) is 12.2. The van der Waals surface area contributed by atoms with E-state index in [1.54, 1.807) is 12.5 Å². The first kappa shape index (κ1) is 21.5. The molecule has 1 heterocycles. The van der Waals surface area contributed by atoms with Crippen molar-refractivity contribution < 1.29 is 9.59 Å². The Labute approximate surface area is 170 Å². The summed E-state index contributed by atoms with van der Waals surface area (Å²) in [5, 5.41) is 0. The monoisotopic (exact) mass is 409 g/mol. The molecule has 7 heteroatoms. The number of hydrogen-bond acceptors (Lipinski definition) is 3. The summed E-state index contributed by atoms with van der Waals surface area (Å²) in [6.45, 7) is 2.92. The number of rotatable bonds is 5. The quantitative estimate of drug-likeness (QED) is 0.587. The molecule has 1 fully saturated rings. The predicted octanol–water partition coefficient (Wildman–Crippen LogP) is 5.78. The van der Waals surface area contributed by atoms with Gasteiger partial charge in [-0.2, -0.15) is 0 Å². The van der Waals surface area contributed by atoms with Gasteiger partial charge in [0, 0.05) is 36.2 Å². The second kappa shape index (κ2) is 11.1. The van der Waals surface area contributed by atoms with Crippen LogP contribution >= 0.6 is 23.2 Å². The summed E-state index contributed by atoms with van der Waals surface area (Å²) in [5.74, 6) is 0.519. The van der Waals surface area contributed by atoms with E-state index < -0.39 is 4.70 Å². The highest BCUT2D eigenvalue weighted by Crippen LogP contribution is 2.28. The lowest BCUT2D eigenvalue weighted by Crippen LogP contribution is -2.37. The fourth-order valence-electron chi connectivity index (χ4n) is 3.38. The Hall–Kier alpha value is -1.85. The van der Waals surface area contributed by atoms with E-state index in [9.17, 15) is 4.79 Å². The topological polar surface area (TPSA) is 55.2 Å². The number of halogens is 2. The number of nitrogens with zero attached hydrogens (tertiary/aromatic N) is 3. The third kappa shape index (κ3) is 6.67. The van der Waals surface area contributed by atoms with E-state index in [2.05, 4.69) is 35.1 Å². The van der Waals surface area contributed by atoms with Gasteiger partial charge < -0.3 is 9.47 Å². The number of carbonyl (C=O) groups is 2. The summed E-state index contributed by atoms with van der Waals surface area (Å²) in [6, 6.07) is 8.19. The second-order valence-electron chi connectivity index (χ2n) is 6.54. The smallest absolute Gasteiger partial charge is 0.312 e. The number of aromatic nitrogens is 2. The van der Waals surface area contributed by atoms with Crippen LogP contribution in [0, 0.1) is 5.92 Å². The molecule has 0 radical (unpaired) electrons. The molecule has 1 aliphatic carbocycles. The molecule has 0 saturated heterocycles. The zero-order chi connectivity index (χ0) is 19.6. The largest absolute Gasteiger partial charge is 0.313 e. The molecule has 1 amide bonds. The lowest BCUT2D eigenvalue weighted by Gasteiger charge is -2.29. The summed E-state index contributed by atoms with van der Waals surface area (Å²) >= 11 is 8.80. The molecule has 1 aliphatic rings. The van der Waals surface area contributed by atoms with Crippen molar-refractivity contribution in [2.75, 3.05) is 11.4 Å². The van der Waals surface area contributed by atoms with Gasteiger partial charge in [-0.15, -0.1) is 0 Å². The van der Waals surface area contributed by atoms with E-state index in [0.29, 0.717) is 5.91 Å². The molecule has 3 rings (SSSR count). The molecule has 27 heavy (non-hydrogen) atoms. The Kier molecular flexibility index (Phi) is 8.82. The van der Waals surface area contributed by atoms with Gasteiger partial charge in [-0.25, -0.2) is 4.98 Å². The van der Waals surface area contributed by atoms with Crippen molar-refractivity contribution in [3.63, 3.8) is 0 Å². The Bertz CT molecular complexity index is 707. The zero-order valence-corrected chi connectivity index (χ0v) is 17.0. The van der Waals surface area contributed by atoms with Gasteiger partial charge in [0.2, 0.25) is 5.91 Å². The van der Waals surface area contributed by atoms with E-state index in [1.165, 1.54) is 19.3 Å². The number of benzene rings is 1. The van der Waals surface area contributed by atoms with Gasteiger partial charge in [0.15, 0.2) is 0 Å². The maximum atomic E-state index is 12.9. The third-order valence-corrected chi connectivity index (χ3v) is 4.63. The summed E-state index contributed by atoms with van der Waals surface area (Å²) in [7, 11) is 0. The molecule has 0 aliphatic heterocycles. The molecule has 146 valence electrons. The number of anilines is 1. The van der Waals surface area contributed by atoms with Gasteiger partial charge in [0.25, 0.3) is 0 Å². The van der Waals surface area contributed by atoms with Crippen LogP contribution in [-0.2, 0) is 4.79 Å². The van der Waals surface area contributed by atoms with E-state index in [4.69, 9.17) is 4.79 Å². The van der Waals surface area contributed by atoms with Crippen molar-refractivity contribution in [2.24, 2.45) is 5.92 Å². The van der Waals surface area contributed by atoms with Crippen LogP contribution in [0.25, 0.3) is 5.69 Å². The molecule has 1 aromatic carbocycles. The van der Waals surface area contributed by atoms with Gasteiger partial charge >= 0.3 is 4.70 Å². The molecular weight excluding hydrogens is 385 g/mol. The van der Waals surface area contributed by atoms with Crippen molar-refractivity contribution in [2.45, 2.75) is 45.4 Å². The van der Waals surface area contributed by atoms with E-state index >= 15 is 0 Å². The Morgan fingerprint density at radius 3 is 2.30 bits per heavy atom. The van der Waals surface area contributed by atoms with Gasteiger partial charge in [-0.1, -0.05) is 26.2 Å². The summed E-state index contributed by atoms with van der Waals surface area (Å²) in [5.41, 5.74) is 2.07. The molecule has 2 aromatic rings. The maximum Gasteiger partial charge on any atom is 0.313 e. The van der Waals surface area contributed by atoms with Crippen LogP contribution in [0.15, 0.2) is 43.0 Å². The first-order chi connectivity index (χ1) is 13.0. The summed E-state index contributed by atoms with van der Waals surface area (Å²) in [4.78, 5) is 27.9. The molecule has 0 N–H and O–H groups in total. The molecule has 1 saturated carbocycles. The van der Waals surface area contributed by atoms with Crippen LogP contribution in [0.1, 0.15) is 45.4 Å². The highest BCUT2D eigenvalue weighted by atomic mass is 35.5. The minimum atomic E-state index is -0.889. The fourth-order valence-corrected chi connectivity index (χ4v) is 3.38. The SMILES string of the molecule is CCCN(C(=O)C1CCCCC1)c1ccc(-n2ccnc2)cc1.O=C(Cl)Cl. The molecule has 1 aromatic heterocycles. The molecule has 5 nitrogen and oxygen atoms in total. The Morgan fingerprint density at radius 2 is 1.78 bits per heavy atom. The van der Waals surface area contributed by atoms with Gasteiger partial charge in [0.1, 0.15) is 0 Å². The Morgan fingerprint density at radius 1 is 1.15 bits per heavy atom.